The zero-order chi connectivity index (χ0) is 15.9. The third kappa shape index (κ3) is 6.06. The summed E-state index contributed by atoms with van der Waals surface area (Å²) < 4.78 is 10.5. The first-order chi connectivity index (χ1) is 10.6. The summed E-state index contributed by atoms with van der Waals surface area (Å²) in [6.45, 7) is 3.03. The molecule has 1 aliphatic heterocycles. The maximum absolute atomic E-state index is 5.97. The summed E-state index contributed by atoms with van der Waals surface area (Å²) in [4.78, 5) is 6.81. The molecule has 1 saturated heterocycles. The average Bonchev–Trinajstić information content (AvgIpc) is 2.53. The largest absolute Gasteiger partial charge is 0.493 e. The monoisotopic (exact) mass is 434 g/mol. The number of nitrogens with two attached hydrogens (primary N) is 1. The molecule has 0 aromatic heterocycles. The van der Waals surface area contributed by atoms with E-state index in [-0.39, 0.29) is 24.0 Å². The number of anilines is 1. The van der Waals surface area contributed by atoms with Crippen LogP contribution in [0, 0.1) is 5.92 Å². The lowest BCUT2D eigenvalue weighted by atomic mass is 9.99. The number of benzene rings is 1. The van der Waals surface area contributed by atoms with Crippen molar-refractivity contribution >= 4 is 35.6 Å². The minimum absolute atomic E-state index is 0. The van der Waals surface area contributed by atoms with Crippen LogP contribution in [0.1, 0.15) is 12.8 Å². The van der Waals surface area contributed by atoms with Gasteiger partial charge >= 0.3 is 0 Å². The van der Waals surface area contributed by atoms with Crippen LogP contribution in [0.5, 0.6) is 11.5 Å². The van der Waals surface area contributed by atoms with Gasteiger partial charge in [0, 0.05) is 24.8 Å². The Morgan fingerprint density at radius 1 is 1.35 bits per heavy atom. The van der Waals surface area contributed by atoms with Crippen LogP contribution >= 0.6 is 24.0 Å². The minimum Gasteiger partial charge on any atom is -0.493 e. The smallest absolute Gasteiger partial charge is 0.193 e. The van der Waals surface area contributed by atoms with Crippen LogP contribution < -0.4 is 20.5 Å². The molecular formula is C16H27IN4O2. The van der Waals surface area contributed by atoms with E-state index in [0.29, 0.717) is 23.4 Å². The fourth-order valence-corrected chi connectivity index (χ4v) is 2.75. The number of hydrogen-bond acceptors (Lipinski definition) is 4. The first-order valence-electron chi connectivity index (χ1n) is 7.60. The maximum Gasteiger partial charge on any atom is 0.193 e. The predicted octanol–water partition coefficient (Wildman–Crippen LogP) is 2.39. The normalized spacial score (nSPS) is 18.9. The van der Waals surface area contributed by atoms with Gasteiger partial charge in [-0.15, -0.1) is 24.0 Å². The number of rotatable bonds is 5. The quantitative estimate of drug-likeness (QED) is 0.423. The number of methoxy groups -OCH3 is 2. The van der Waals surface area contributed by atoms with Crippen LogP contribution in [0.15, 0.2) is 23.2 Å². The number of ether oxygens (including phenoxy) is 2. The van der Waals surface area contributed by atoms with Crippen molar-refractivity contribution in [2.45, 2.75) is 12.8 Å². The van der Waals surface area contributed by atoms with Crippen molar-refractivity contribution in [3.05, 3.63) is 18.2 Å². The third-order valence-corrected chi connectivity index (χ3v) is 3.90. The molecule has 1 unspecified atom stereocenters. The van der Waals surface area contributed by atoms with Crippen molar-refractivity contribution < 1.29 is 9.47 Å². The van der Waals surface area contributed by atoms with Gasteiger partial charge in [-0.3, -0.25) is 4.99 Å². The molecule has 1 aliphatic rings. The molecule has 0 saturated carbocycles. The fourth-order valence-electron chi connectivity index (χ4n) is 2.75. The summed E-state index contributed by atoms with van der Waals surface area (Å²) in [6, 6.07) is 5.57. The summed E-state index contributed by atoms with van der Waals surface area (Å²) in [6.07, 6.45) is 2.46. The van der Waals surface area contributed by atoms with Crippen molar-refractivity contribution in [3.63, 3.8) is 0 Å². The Balaban J connectivity index is 0.00000264. The van der Waals surface area contributed by atoms with Gasteiger partial charge in [0.2, 0.25) is 0 Å². The van der Waals surface area contributed by atoms with Gasteiger partial charge in [-0.2, -0.15) is 0 Å². The number of nitrogens with zero attached hydrogens (tertiary/aromatic N) is 2. The van der Waals surface area contributed by atoms with Crippen LogP contribution in [-0.4, -0.2) is 51.8 Å². The zero-order valence-corrected chi connectivity index (χ0v) is 16.4. The molecule has 130 valence electrons. The van der Waals surface area contributed by atoms with Crippen molar-refractivity contribution in [2.24, 2.45) is 16.6 Å². The SMILES string of the molecule is COc1ccc(NC(N)=NCC2CCCN(C)C2)cc1OC.I. The Kier molecular flexibility index (Phi) is 8.46. The van der Waals surface area contributed by atoms with Crippen molar-refractivity contribution in [3.8, 4) is 11.5 Å². The predicted molar refractivity (Wildman–Crippen MR) is 105 cm³/mol. The minimum atomic E-state index is 0. The highest BCUT2D eigenvalue weighted by atomic mass is 127. The Hall–Kier alpha value is -1.22. The van der Waals surface area contributed by atoms with Crippen LogP contribution in [0.4, 0.5) is 5.69 Å². The molecular weight excluding hydrogens is 407 g/mol. The lowest BCUT2D eigenvalue weighted by Gasteiger charge is -2.28. The molecule has 1 aromatic carbocycles. The number of nitrogens with one attached hydrogen (secondary N) is 1. The Bertz CT molecular complexity index is 525. The lowest BCUT2D eigenvalue weighted by Crippen LogP contribution is -2.34. The number of likely N-dealkylation sites (tertiary alicyclic amines) is 1. The number of aliphatic imine (C=N–C) groups is 1. The molecule has 0 aliphatic carbocycles. The summed E-state index contributed by atoms with van der Waals surface area (Å²) in [5.74, 6) is 2.37. The summed E-state index contributed by atoms with van der Waals surface area (Å²) in [5.41, 5.74) is 6.81. The highest BCUT2D eigenvalue weighted by Crippen LogP contribution is 2.29. The molecule has 0 bridgehead atoms. The van der Waals surface area contributed by atoms with E-state index in [9.17, 15) is 0 Å². The van der Waals surface area contributed by atoms with Crippen molar-refractivity contribution in [1.82, 2.24) is 4.90 Å². The molecule has 1 aromatic rings. The highest BCUT2D eigenvalue weighted by molar-refractivity contribution is 14.0. The van der Waals surface area contributed by atoms with Gasteiger partial charge in [0.1, 0.15) is 0 Å². The molecule has 23 heavy (non-hydrogen) atoms. The number of piperidine rings is 1. The van der Waals surface area contributed by atoms with Crippen LogP contribution in [0.3, 0.4) is 0 Å². The van der Waals surface area contributed by atoms with E-state index in [1.54, 1.807) is 14.2 Å². The molecule has 0 radical (unpaired) electrons. The zero-order valence-electron chi connectivity index (χ0n) is 14.0. The topological polar surface area (TPSA) is 72.1 Å². The molecule has 7 heteroatoms. The van der Waals surface area contributed by atoms with Gasteiger partial charge in [0.25, 0.3) is 0 Å². The van der Waals surface area contributed by atoms with E-state index in [2.05, 4.69) is 22.3 Å². The van der Waals surface area contributed by atoms with Gasteiger partial charge in [-0.05, 0) is 44.5 Å². The highest BCUT2D eigenvalue weighted by Gasteiger charge is 2.16. The molecule has 1 heterocycles. The van der Waals surface area contributed by atoms with E-state index in [0.717, 1.165) is 18.8 Å². The van der Waals surface area contributed by atoms with E-state index >= 15 is 0 Å². The number of halogens is 1. The van der Waals surface area contributed by atoms with Crippen LogP contribution in [0.25, 0.3) is 0 Å². The number of hydrogen-bond donors (Lipinski definition) is 2. The van der Waals surface area contributed by atoms with Crippen molar-refractivity contribution in [2.75, 3.05) is 46.2 Å². The van der Waals surface area contributed by atoms with E-state index in [1.807, 2.05) is 18.2 Å². The van der Waals surface area contributed by atoms with Gasteiger partial charge < -0.3 is 25.4 Å². The van der Waals surface area contributed by atoms with E-state index in [1.165, 1.54) is 19.4 Å². The van der Waals surface area contributed by atoms with Crippen LogP contribution in [-0.2, 0) is 0 Å². The van der Waals surface area contributed by atoms with Gasteiger partial charge in [0.05, 0.1) is 14.2 Å². The van der Waals surface area contributed by atoms with Gasteiger partial charge in [0.15, 0.2) is 17.5 Å². The molecule has 6 nitrogen and oxygen atoms in total. The maximum atomic E-state index is 5.97. The molecule has 3 N–H and O–H groups in total. The average molecular weight is 434 g/mol. The Morgan fingerprint density at radius 3 is 2.74 bits per heavy atom. The summed E-state index contributed by atoms with van der Waals surface area (Å²) >= 11 is 0. The molecule has 1 fully saturated rings. The second-order valence-electron chi connectivity index (χ2n) is 5.69. The van der Waals surface area contributed by atoms with Crippen LogP contribution in [0.2, 0.25) is 0 Å². The summed E-state index contributed by atoms with van der Waals surface area (Å²) in [7, 11) is 5.38. The van der Waals surface area contributed by atoms with Crippen molar-refractivity contribution in [1.29, 1.82) is 0 Å². The fraction of sp³-hybridized carbons (Fsp3) is 0.562. The number of guanidine groups is 1. The summed E-state index contributed by atoms with van der Waals surface area (Å²) in [5, 5.41) is 3.10. The second-order valence-corrected chi connectivity index (χ2v) is 5.69. The standard InChI is InChI=1S/C16H26N4O2.HI/c1-20-8-4-5-12(11-20)10-18-16(17)19-13-6-7-14(21-2)15(9-13)22-3;/h6-7,9,12H,4-5,8,10-11H2,1-3H3,(H3,17,18,19);1H. The first-order valence-corrected chi connectivity index (χ1v) is 7.60. The van der Waals surface area contributed by atoms with E-state index in [4.69, 9.17) is 15.2 Å². The lowest BCUT2D eigenvalue weighted by molar-refractivity contribution is 0.214. The Morgan fingerprint density at radius 2 is 2.09 bits per heavy atom. The van der Waals surface area contributed by atoms with Gasteiger partial charge in [-0.25, -0.2) is 0 Å². The molecule has 2 rings (SSSR count). The van der Waals surface area contributed by atoms with Gasteiger partial charge in [-0.1, -0.05) is 0 Å². The molecule has 0 spiro atoms. The molecule has 1 atom stereocenters. The van der Waals surface area contributed by atoms with E-state index < -0.39 is 0 Å². The Labute approximate surface area is 155 Å². The second kappa shape index (κ2) is 9.82. The molecule has 0 amide bonds. The first kappa shape index (κ1) is 19.8. The third-order valence-electron chi connectivity index (χ3n) is 3.90.